The third-order valence-electron chi connectivity index (χ3n) is 0.175. The molecular weight excluding hydrogens is 104 g/mol. The van der Waals surface area contributed by atoms with E-state index in [4.69, 9.17) is 5.11 Å². The van der Waals surface area contributed by atoms with Crippen LogP contribution in [0.25, 0.3) is 0 Å². The minimum absolute atomic E-state index is 0.833. The summed E-state index contributed by atoms with van der Waals surface area (Å²) in [5, 5.41) is 7.60. The first-order valence-electron chi connectivity index (χ1n) is 2.11. The molecule has 46 valence electrons. The van der Waals surface area contributed by atoms with Crippen molar-refractivity contribution in [3.8, 4) is 0 Å². The molecule has 0 unspecified atom stereocenters. The van der Waals surface area contributed by atoms with Gasteiger partial charge in [0.2, 0.25) is 0 Å². The fourth-order valence-corrected chi connectivity index (χ4v) is 0. The summed E-state index contributed by atoms with van der Waals surface area (Å²) < 4.78 is 0. The minimum Gasteiger partial charge on any atom is -0.478 e. The van der Waals surface area contributed by atoms with Crippen LogP contribution in [0.15, 0.2) is 25.3 Å². The van der Waals surface area contributed by atoms with Crippen molar-refractivity contribution in [1.29, 1.82) is 0 Å². The minimum atomic E-state index is -0.981. The summed E-state index contributed by atoms with van der Waals surface area (Å²) in [4.78, 5) is 9.25. The van der Waals surface area contributed by atoms with Gasteiger partial charge in [0.25, 0.3) is 0 Å². The van der Waals surface area contributed by atoms with Crippen molar-refractivity contribution < 1.29 is 9.90 Å². The average Bonchev–Trinajstić information content (AvgIpc) is 1.69. The van der Waals surface area contributed by atoms with Gasteiger partial charge in [-0.3, -0.25) is 0 Å². The third kappa shape index (κ3) is 85.6. The second-order valence-corrected chi connectivity index (χ2v) is 0.951. The maximum atomic E-state index is 9.25. The fourth-order valence-electron chi connectivity index (χ4n) is 0. The smallest absolute Gasteiger partial charge is 0.327 e. The molecule has 0 amide bonds. The van der Waals surface area contributed by atoms with Gasteiger partial charge in [-0.05, 0) is 6.92 Å². The second kappa shape index (κ2) is 9.34. The molecule has 8 heavy (non-hydrogen) atoms. The van der Waals surface area contributed by atoms with Crippen molar-refractivity contribution in [2.45, 2.75) is 6.92 Å². The van der Waals surface area contributed by atoms with Gasteiger partial charge in [0.15, 0.2) is 0 Å². The van der Waals surface area contributed by atoms with Crippen LogP contribution in [0.4, 0.5) is 0 Å². The van der Waals surface area contributed by atoms with Crippen LogP contribution in [0.2, 0.25) is 0 Å². The molecule has 0 radical (unpaired) electrons. The number of rotatable bonds is 1. The van der Waals surface area contributed by atoms with Gasteiger partial charge in [-0.1, -0.05) is 12.7 Å². The SMILES string of the molecule is C=CC.C=CC(=O)O. The van der Waals surface area contributed by atoms with E-state index in [2.05, 4.69) is 13.2 Å². The van der Waals surface area contributed by atoms with Gasteiger partial charge in [0, 0.05) is 6.08 Å². The Morgan fingerprint density at radius 1 is 1.62 bits per heavy atom. The Kier molecular flexibility index (Phi) is 11.7. The van der Waals surface area contributed by atoms with Crippen LogP contribution >= 0.6 is 0 Å². The standard InChI is InChI=1S/C3H4O2.C3H6/c1-2-3(4)5;1-3-2/h2H,1H2,(H,4,5);3H,1H2,2H3. The Bertz CT molecular complexity index is 84.5. The molecule has 0 rings (SSSR count). The molecule has 0 bridgehead atoms. The maximum absolute atomic E-state index is 9.25. The van der Waals surface area contributed by atoms with Crippen LogP contribution in [-0.4, -0.2) is 11.1 Å². The van der Waals surface area contributed by atoms with E-state index in [0.717, 1.165) is 6.08 Å². The summed E-state index contributed by atoms with van der Waals surface area (Å²) in [7, 11) is 0. The first kappa shape index (κ1) is 10.0. The molecule has 0 aliphatic heterocycles. The topological polar surface area (TPSA) is 37.3 Å². The number of carboxylic acids is 1. The van der Waals surface area contributed by atoms with Gasteiger partial charge >= 0.3 is 5.97 Å². The Balaban J connectivity index is 0. The highest BCUT2D eigenvalue weighted by Crippen LogP contribution is 1.54. The zero-order chi connectivity index (χ0) is 6.99. The molecule has 0 spiro atoms. The van der Waals surface area contributed by atoms with Gasteiger partial charge in [-0.15, -0.1) is 6.58 Å². The number of hydrogen-bond acceptors (Lipinski definition) is 1. The van der Waals surface area contributed by atoms with Crippen molar-refractivity contribution >= 4 is 5.97 Å². The van der Waals surface area contributed by atoms with Crippen LogP contribution in [0.3, 0.4) is 0 Å². The Morgan fingerprint density at radius 3 is 1.75 bits per heavy atom. The van der Waals surface area contributed by atoms with Crippen LogP contribution < -0.4 is 0 Å². The zero-order valence-electron chi connectivity index (χ0n) is 4.92. The van der Waals surface area contributed by atoms with E-state index in [0.29, 0.717) is 0 Å². The van der Waals surface area contributed by atoms with E-state index in [1.807, 2.05) is 6.92 Å². The van der Waals surface area contributed by atoms with Crippen LogP contribution in [0.5, 0.6) is 0 Å². The van der Waals surface area contributed by atoms with E-state index < -0.39 is 5.97 Å². The number of aliphatic carboxylic acids is 1. The van der Waals surface area contributed by atoms with Crippen LogP contribution in [-0.2, 0) is 4.79 Å². The molecule has 0 atom stereocenters. The van der Waals surface area contributed by atoms with E-state index in [9.17, 15) is 4.79 Å². The Hall–Kier alpha value is -1.05. The molecule has 0 fully saturated rings. The lowest BCUT2D eigenvalue weighted by Crippen LogP contribution is -1.82. The van der Waals surface area contributed by atoms with Crippen LogP contribution in [0, 0.1) is 0 Å². The normalized spacial score (nSPS) is 5.62. The molecule has 0 saturated carbocycles. The predicted octanol–water partition coefficient (Wildman–Crippen LogP) is 1.45. The highest BCUT2D eigenvalue weighted by Gasteiger charge is 1.73. The van der Waals surface area contributed by atoms with Gasteiger partial charge in [-0.25, -0.2) is 4.79 Å². The summed E-state index contributed by atoms with van der Waals surface area (Å²) in [6.07, 6.45) is 2.58. The summed E-state index contributed by atoms with van der Waals surface area (Å²) >= 11 is 0. The Morgan fingerprint density at radius 2 is 1.75 bits per heavy atom. The largest absolute Gasteiger partial charge is 0.478 e. The van der Waals surface area contributed by atoms with Crippen LogP contribution in [0.1, 0.15) is 6.92 Å². The third-order valence-corrected chi connectivity index (χ3v) is 0.175. The molecule has 0 heterocycles. The highest BCUT2D eigenvalue weighted by atomic mass is 16.4. The predicted molar refractivity (Wildman–Crippen MR) is 33.7 cm³/mol. The summed E-state index contributed by atoms with van der Waals surface area (Å²) in [6.45, 7) is 8.21. The monoisotopic (exact) mass is 114 g/mol. The number of hydrogen-bond donors (Lipinski definition) is 1. The number of carbonyl (C=O) groups is 1. The summed E-state index contributed by atoms with van der Waals surface area (Å²) in [6, 6.07) is 0. The fraction of sp³-hybridized carbons (Fsp3) is 0.167. The van der Waals surface area contributed by atoms with Crippen molar-refractivity contribution in [3.05, 3.63) is 25.3 Å². The summed E-state index contributed by atoms with van der Waals surface area (Å²) in [5.74, 6) is -0.981. The first-order chi connectivity index (χ1) is 3.68. The summed E-state index contributed by atoms with van der Waals surface area (Å²) in [5.41, 5.74) is 0. The van der Waals surface area contributed by atoms with E-state index >= 15 is 0 Å². The average molecular weight is 114 g/mol. The highest BCUT2D eigenvalue weighted by molar-refractivity contribution is 5.78. The molecule has 1 N–H and O–H groups in total. The molecule has 0 aromatic carbocycles. The lowest BCUT2D eigenvalue weighted by molar-refractivity contribution is -0.131. The lowest BCUT2D eigenvalue weighted by Gasteiger charge is -1.64. The van der Waals surface area contributed by atoms with E-state index in [-0.39, 0.29) is 0 Å². The molecule has 2 heteroatoms. The molecule has 0 aromatic heterocycles. The van der Waals surface area contributed by atoms with Crippen molar-refractivity contribution in [2.24, 2.45) is 0 Å². The molecule has 0 saturated heterocycles. The van der Waals surface area contributed by atoms with Gasteiger partial charge in [-0.2, -0.15) is 0 Å². The molecular formula is C6H10O2. The molecule has 0 aromatic rings. The number of allylic oxidation sites excluding steroid dienone is 1. The van der Waals surface area contributed by atoms with Crippen molar-refractivity contribution in [2.75, 3.05) is 0 Å². The zero-order valence-corrected chi connectivity index (χ0v) is 4.92. The quantitative estimate of drug-likeness (QED) is 0.413. The van der Waals surface area contributed by atoms with Crippen molar-refractivity contribution in [3.63, 3.8) is 0 Å². The lowest BCUT2D eigenvalue weighted by atomic mass is 10.7. The Labute approximate surface area is 49.1 Å². The van der Waals surface area contributed by atoms with E-state index in [1.54, 1.807) is 6.08 Å². The van der Waals surface area contributed by atoms with E-state index in [1.165, 1.54) is 0 Å². The first-order valence-corrected chi connectivity index (χ1v) is 2.11. The second-order valence-electron chi connectivity index (χ2n) is 0.951. The maximum Gasteiger partial charge on any atom is 0.327 e. The van der Waals surface area contributed by atoms with Crippen molar-refractivity contribution in [1.82, 2.24) is 0 Å². The molecule has 0 aliphatic carbocycles. The molecule has 2 nitrogen and oxygen atoms in total. The van der Waals surface area contributed by atoms with Gasteiger partial charge < -0.3 is 5.11 Å². The van der Waals surface area contributed by atoms with Gasteiger partial charge in [0.1, 0.15) is 0 Å². The van der Waals surface area contributed by atoms with Gasteiger partial charge in [0.05, 0.1) is 0 Å². The number of carboxylic acid groups (broad SMARTS) is 1. The molecule has 0 aliphatic rings.